The van der Waals surface area contributed by atoms with Crippen LogP contribution >= 0.6 is 11.6 Å². The van der Waals surface area contributed by atoms with Crippen LogP contribution < -0.4 is 5.32 Å². The lowest BCUT2D eigenvalue weighted by Crippen LogP contribution is -2.53. The van der Waals surface area contributed by atoms with Crippen molar-refractivity contribution in [2.45, 2.75) is 19.2 Å². The predicted octanol–water partition coefficient (Wildman–Crippen LogP) is 2.08. The molecule has 158 valence electrons. The van der Waals surface area contributed by atoms with Gasteiger partial charge in [-0.05, 0) is 24.6 Å². The van der Waals surface area contributed by atoms with E-state index >= 15 is 0 Å². The summed E-state index contributed by atoms with van der Waals surface area (Å²) in [4.78, 5) is 6.60. The molecule has 0 amide bonds. The number of piperazine rings is 1. The van der Waals surface area contributed by atoms with Crippen molar-refractivity contribution in [2.24, 2.45) is 4.99 Å². The fourth-order valence-corrected chi connectivity index (χ4v) is 4.63. The molecule has 3 rings (SSSR count). The number of benzene rings is 1. The number of aromatic nitrogens is 1. The Morgan fingerprint density at radius 2 is 2.07 bits per heavy atom. The van der Waals surface area contributed by atoms with Crippen molar-refractivity contribution in [1.82, 2.24) is 19.7 Å². The van der Waals surface area contributed by atoms with Gasteiger partial charge in [-0.3, -0.25) is 0 Å². The number of sulfonamides is 1. The molecule has 1 N–H and O–H groups in total. The molecule has 0 bridgehead atoms. The third-order valence-corrected chi connectivity index (χ3v) is 6.59. The van der Waals surface area contributed by atoms with E-state index in [1.54, 1.807) is 18.2 Å². The fourth-order valence-electron chi connectivity index (χ4n) is 3.00. The van der Waals surface area contributed by atoms with E-state index in [0.29, 0.717) is 50.9 Å². The summed E-state index contributed by atoms with van der Waals surface area (Å²) >= 11 is 5.83. The zero-order chi connectivity index (χ0) is 20.9. The molecule has 1 aliphatic rings. The minimum atomic E-state index is -3.46. The van der Waals surface area contributed by atoms with Crippen LogP contribution in [-0.2, 0) is 22.3 Å². The van der Waals surface area contributed by atoms with Gasteiger partial charge in [0.15, 0.2) is 5.96 Å². The SMILES string of the molecule is CCNC(=NCc1ccc(F)c(Cl)c1)N1CCN(S(=O)(=O)Cc2ccon2)CC1. The van der Waals surface area contributed by atoms with Gasteiger partial charge in [0.25, 0.3) is 0 Å². The molecule has 0 saturated carbocycles. The Labute approximate surface area is 174 Å². The molecule has 8 nitrogen and oxygen atoms in total. The molecule has 0 aliphatic carbocycles. The molecule has 0 radical (unpaired) electrons. The average molecular weight is 444 g/mol. The van der Waals surface area contributed by atoms with Crippen molar-refractivity contribution in [2.75, 3.05) is 32.7 Å². The molecule has 0 unspecified atom stereocenters. The Morgan fingerprint density at radius 1 is 1.31 bits per heavy atom. The Hall–Kier alpha value is -2.17. The van der Waals surface area contributed by atoms with Crippen LogP contribution in [-0.4, -0.2) is 61.5 Å². The number of hydrogen-bond acceptors (Lipinski definition) is 5. The van der Waals surface area contributed by atoms with E-state index in [0.717, 1.165) is 5.56 Å². The summed E-state index contributed by atoms with van der Waals surface area (Å²) in [6, 6.07) is 6.06. The topological polar surface area (TPSA) is 91.0 Å². The van der Waals surface area contributed by atoms with E-state index in [2.05, 4.69) is 15.5 Å². The van der Waals surface area contributed by atoms with Crippen LogP contribution in [0.4, 0.5) is 4.39 Å². The number of aliphatic imine (C=N–C) groups is 1. The van der Waals surface area contributed by atoms with Crippen molar-refractivity contribution in [3.63, 3.8) is 0 Å². The Kier molecular flexibility index (Phi) is 7.09. The van der Waals surface area contributed by atoms with Gasteiger partial charge >= 0.3 is 0 Å². The molecule has 2 heterocycles. The lowest BCUT2D eigenvalue weighted by molar-refractivity contribution is 0.259. The lowest BCUT2D eigenvalue weighted by atomic mass is 10.2. The van der Waals surface area contributed by atoms with Gasteiger partial charge in [-0.25, -0.2) is 17.8 Å². The van der Waals surface area contributed by atoms with E-state index in [4.69, 9.17) is 16.1 Å². The average Bonchev–Trinajstić information content (AvgIpc) is 3.20. The van der Waals surface area contributed by atoms with Crippen molar-refractivity contribution in [1.29, 1.82) is 0 Å². The van der Waals surface area contributed by atoms with Gasteiger partial charge in [-0.2, -0.15) is 4.31 Å². The van der Waals surface area contributed by atoms with Crippen LogP contribution in [0.3, 0.4) is 0 Å². The summed E-state index contributed by atoms with van der Waals surface area (Å²) in [5.41, 5.74) is 1.18. The zero-order valence-corrected chi connectivity index (χ0v) is 17.6. The number of nitrogens with zero attached hydrogens (tertiary/aromatic N) is 4. The summed E-state index contributed by atoms with van der Waals surface area (Å²) in [6.45, 7) is 4.70. The second kappa shape index (κ2) is 9.55. The minimum absolute atomic E-state index is 0.0635. The van der Waals surface area contributed by atoms with Crippen LogP contribution in [0.25, 0.3) is 0 Å². The smallest absolute Gasteiger partial charge is 0.220 e. The standard InChI is InChI=1S/C18H23ClFN5O3S/c1-2-21-18(22-12-14-3-4-17(20)16(19)11-14)24-6-8-25(9-7-24)29(26,27)13-15-5-10-28-23-15/h3-5,10-11H,2,6-9,12-13H2,1H3,(H,21,22). The molecule has 1 aromatic carbocycles. The molecule has 1 aromatic heterocycles. The molecule has 1 aliphatic heterocycles. The number of nitrogens with one attached hydrogen (secondary N) is 1. The number of halogens is 2. The van der Waals surface area contributed by atoms with Crippen LogP contribution in [0.15, 0.2) is 40.0 Å². The Morgan fingerprint density at radius 3 is 2.69 bits per heavy atom. The van der Waals surface area contributed by atoms with Crippen molar-refractivity contribution in [3.05, 3.63) is 52.6 Å². The highest BCUT2D eigenvalue weighted by molar-refractivity contribution is 7.88. The monoisotopic (exact) mass is 443 g/mol. The van der Waals surface area contributed by atoms with Crippen molar-refractivity contribution >= 4 is 27.6 Å². The summed E-state index contributed by atoms with van der Waals surface area (Å²) in [5.74, 6) is 0.0407. The minimum Gasteiger partial charge on any atom is -0.364 e. The number of rotatable bonds is 6. The van der Waals surface area contributed by atoms with E-state index in [-0.39, 0.29) is 10.8 Å². The van der Waals surface area contributed by atoms with Crippen LogP contribution in [0, 0.1) is 5.82 Å². The molecule has 29 heavy (non-hydrogen) atoms. The maximum Gasteiger partial charge on any atom is 0.220 e. The summed E-state index contributed by atoms with van der Waals surface area (Å²) in [6.07, 6.45) is 1.36. The number of hydrogen-bond donors (Lipinski definition) is 1. The normalized spacial score (nSPS) is 16.2. The highest BCUT2D eigenvalue weighted by atomic mass is 35.5. The lowest BCUT2D eigenvalue weighted by Gasteiger charge is -2.35. The Balaban J connectivity index is 1.62. The second-order valence-corrected chi connectivity index (χ2v) is 8.93. The molecule has 1 saturated heterocycles. The first-order chi connectivity index (χ1) is 13.9. The highest BCUT2D eigenvalue weighted by Crippen LogP contribution is 2.17. The van der Waals surface area contributed by atoms with Gasteiger partial charge in [-0.15, -0.1) is 0 Å². The summed E-state index contributed by atoms with van der Waals surface area (Å²) in [7, 11) is -3.46. The first-order valence-corrected chi connectivity index (χ1v) is 11.2. The first kappa shape index (κ1) is 21.5. The van der Waals surface area contributed by atoms with Crippen LogP contribution in [0.5, 0.6) is 0 Å². The van der Waals surface area contributed by atoms with Gasteiger partial charge in [0, 0.05) is 38.8 Å². The van der Waals surface area contributed by atoms with Gasteiger partial charge in [0.05, 0.1) is 17.3 Å². The van der Waals surface area contributed by atoms with Gasteiger partial charge < -0.3 is 14.7 Å². The maximum atomic E-state index is 13.3. The van der Waals surface area contributed by atoms with E-state index < -0.39 is 15.8 Å². The summed E-state index contributed by atoms with van der Waals surface area (Å²) in [5, 5.41) is 6.96. The van der Waals surface area contributed by atoms with Crippen LogP contribution in [0.1, 0.15) is 18.2 Å². The summed E-state index contributed by atoms with van der Waals surface area (Å²) < 4.78 is 44.6. The second-order valence-electron chi connectivity index (χ2n) is 6.55. The van der Waals surface area contributed by atoms with Crippen LogP contribution in [0.2, 0.25) is 5.02 Å². The van der Waals surface area contributed by atoms with E-state index in [9.17, 15) is 12.8 Å². The van der Waals surface area contributed by atoms with Gasteiger partial charge in [0.1, 0.15) is 17.8 Å². The third-order valence-electron chi connectivity index (χ3n) is 4.48. The Bertz CT molecular complexity index is 944. The van der Waals surface area contributed by atoms with Crippen molar-refractivity contribution < 1.29 is 17.3 Å². The third kappa shape index (κ3) is 5.68. The zero-order valence-electron chi connectivity index (χ0n) is 16.0. The first-order valence-electron chi connectivity index (χ1n) is 9.23. The molecule has 2 aromatic rings. The largest absolute Gasteiger partial charge is 0.364 e. The van der Waals surface area contributed by atoms with E-state index in [1.165, 1.54) is 16.6 Å². The van der Waals surface area contributed by atoms with Gasteiger partial charge in [0.2, 0.25) is 10.0 Å². The quantitative estimate of drug-likeness (QED) is 0.543. The van der Waals surface area contributed by atoms with Gasteiger partial charge in [-0.1, -0.05) is 22.8 Å². The van der Waals surface area contributed by atoms with E-state index in [1.807, 2.05) is 11.8 Å². The molecule has 1 fully saturated rings. The molecular weight excluding hydrogens is 421 g/mol. The molecule has 0 atom stereocenters. The molecule has 0 spiro atoms. The molecule has 11 heteroatoms. The predicted molar refractivity (Wildman–Crippen MR) is 108 cm³/mol. The van der Waals surface area contributed by atoms with Crippen molar-refractivity contribution in [3.8, 4) is 0 Å². The maximum absolute atomic E-state index is 13.3. The molecular formula is C18H23ClFN5O3S. The number of guanidine groups is 1. The fraction of sp³-hybridized carbons (Fsp3) is 0.444. The highest BCUT2D eigenvalue weighted by Gasteiger charge is 2.29.